The van der Waals surface area contributed by atoms with Crippen LogP contribution in [0.25, 0.3) is 0 Å². The lowest BCUT2D eigenvalue weighted by molar-refractivity contribution is 0.0671. The zero-order valence-corrected chi connectivity index (χ0v) is 8.88. The lowest BCUT2D eigenvalue weighted by Gasteiger charge is -2.39. The van der Waals surface area contributed by atoms with E-state index in [0.29, 0.717) is 11.3 Å². The second-order valence-corrected chi connectivity index (χ2v) is 5.61. The molecule has 2 aliphatic rings. The fourth-order valence-corrected chi connectivity index (χ4v) is 3.46. The van der Waals surface area contributed by atoms with Gasteiger partial charge in [0.2, 0.25) is 0 Å². The van der Waals surface area contributed by atoms with E-state index in [1.54, 1.807) is 0 Å². The third-order valence-corrected chi connectivity index (χ3v) is 4.23. The molecular formula is C12H20O. The molecule has 0 saturated heterocycles. The van der Waals surface area contributed by atoms with Gasteiger partial charge in [0.1, 0.15) is 0 Å². The summed E-state index contributed by atoms with van der Waals surface area (Å²) >= 11 is 0. The van der Waals surface area contributed by atoms with Gasteiger partial charge in [-0.15, -0.1) is 0 Å². The molecule has 0 unspecified atom stereocenters. The van der Waals surface area contributed by atoms with E-state index >= 15 is 0 Å². The monoisotopic (exact) mass is 180 g/mol. The van der Waals surface area contributed by atoms with E-state index in [1.165, 1.54) is 12.8 Å². The molecule has 2 rings (SSSR count). The first kappa shape index (κ1) is 9.26. The van der Waals surface area contributed by atoms with Crippen LogP contribution in [-0.2, 0) is 0 Å². The number of rotatable bonds is 0. The Morgan fingerprint density at radius 1 is 1.31 bits per heavy atom. The minimum absolute atomic E-state index is 0.0573. The van der Waals surface area contributed by atoms with Crippen LogP contribution in [-0.4, -0.2) is 11.2 Å². The van der Waals surface area contributed by atoms with Gasteiger partial charge in [0, 0.05) is 5.41 Å². The minimum Gasteiger partial charge on any atom is -0.392 e. The molecule has 0 bridgehead atoms. The number of hydrogen-bond donors (Lipinski definition) is 1. The summed E-state index contributed by atoms with van der Waals surface area (Å²) in [4.78, 5) is 0. The summed E-state index contributed by atoms with van der Waals surface area (Å²) in [5.41, 5.74) is 0.376. The van der Waals surface area contributed by atoms with Crippen LogP contribution < -0.4 is 0 Å². The molecule has 0 amide bonds. The average Bonchev–Trinajstić information content (AvgIpc) is 2.20. The van der Waals surface area contributed by atoms with Crippen molar-refractivity contribution < 1.29 is 5.11 Å². The molecular weight excluding hydrogens is 160 g/mol. The Hall–Kier alpha value is -0.300. The molecule has 0 aromatic heterocycles. The normalized spacial score (nSPS) is 47.7. The highest BCUT2D eigenvalue weighted by atomic mass is 16.3. The van der Waals surface area contributed by atoms with Gasteiger partial charge in [-0.1, -0.05) is 32.9 Å². The van der Waals surface area contributed by atoms with Crippen molar-refractivity contribution in [2.45, 2.75) is 46.1 Å². The van der Waals surface area contributed by atoms with Gasteiger partial charge in [-0.3, -0.25) is 0 Å². The maximum Gasteiger partial charge on any atom is 0.0636 e. The maximum atomic E-state index is 10.1. The van der Waals surface area contributed by atoms with E-state index in [0.717, 1.165) is 6.42 Å². The Labute approximate surface area is 80.8 Å². The largest absolute Gasteiger partial charge is 0.392 e. The van der Waals surface area contributed by atoms with Crippen LogP contribution in [0.3, 0.4) is 0 Å². The molecule has 2 aliphatic carbocycles. The third kappa shape index (κ3) is 1.17. The highest BCUT2D eigenvalue weighted by Gasteiger charge is 2.54. The molecule has 1 nitrogen and oxygen atoms in total. The fraction of sp³-hybridized carbons (Fsp3) is 0.833. The van der Waals surface area contributed by atoms with Gasteiger partial charge in [0.05, 0.1) is 6.10 Å². The Morgan fingerprint density at radius 3 is 2.62 bits per heavy atom. The van der Waals surface area contributed by atoms with Crippen molar-refractivity contribution in [2.24, 2.45) is 16.7 Å². The predicted octanol–water partition coefficient (Wildman–Crippen LogP) is 2.75. The first-order chi connectivity index (χ1) is 5.97. The van der Waals surface area contributed by atoms with Gasteiger partial charge in [0.15, 0.2) is 0 Å². The fourth-order valence-electron chi connectivity index (χ4n) is 3.46. The summed E-state index contributed by atoms with van der Waals surface area (Å²) in [5, 5.41) is 10.1. The number of allylic oxidation sites excluding steroid dienone is 1. The third-order valence-electron chi connectivity index (χ3n) is 4.23. The molecule has 0 radical (unpaired) electrons. The van der Waals surface area contributed by atoms with E-state index in [9.17, 15) is 5.11 Å². The van der Waals surface area contributed by atoms with E-state index in [4.69, 9.17) is 0 Å². The minimum atomic E-state index is -0.135. The van der Waals surface area contributed by atoms with Crippen LogP contribution in [0.4, 0.5) is 0 Å². The first-order valence-electron chi connectivity index (χ1n) is 5.32. The van der Waals surface area contributed by atoms with Crippen molar-refractivity contribution in [3.8, 4) is 0 Å². The zero-order chi connectivity index (χ0) is 9.69. The molecule has 0 aliphatic heterocycles. The summed E-state index contributed by atoms with van der Waals surface area (Å²) in [6, 6.07) is 0. The Balaban J connectivity index is 2.38. The van der Waals surface area contributed by atoms with Gasteiger partial charge >= 0.3 is 0 Å². The highest BCUT2D eigenvalue weighted by Crippen LogP contribution is 2.57. The van der Waals surface area contributed by atoms with Crippen LogP contribution in [0.5, 0.6) is 0 Å². The van der Waals surface area contributed by atoms with Gasteiger partial charge in [-0.05, 0) is 30.6 Å². The lowest BCUT2D eigenvalue weighted by atomic mass is 9.66. The first-order valence-corrected chi connectivity index (χ1v) is 5.32. The van der Waals surface area contributed by atoms with E-state index in [1.807, 2.05) is 0 Å². The Kier molecular flexibility index (Phi) is 1.85. The summed E-state index contributed by atoms with van der Waals surface area (Å²) in [6.07, 6.45) is 7.75. The lowest BCUT2D eigenvalue weighted by Crippen LogP contribution is -2.34. The number of hydrogen-bond acceptors (Lipinski definition) is 1. The zero-order valence-electron chi connectivity index (χ0n) is 8.88. The van der Waals surface area contributed by atoms with Crippen LogP contribution >= 0.6 is 0 Å². The van der Waals surface area contributed by atoms with Crippen LogP contribution in [0.1, 0.15) is 40.0 Å². The molecule has 1 fully saturated rings. The van der Waals surface area contributed by atoms with Crippen molar-refractivity contribution in [2.75, 3.05) is 0 Å². The number of aliphatic hydroxyl groups excluding tert-OH is 1. The van der Waals surface area contributed by atoms with Gasteiger partial charge in [-0.25, -0.2) is 0 Å². The van der Waals surface area contributed by atoms with Crippen LogP contribution in [0.15, 0.2) is 12.2 Å². The van der Waals surface area contributed by atoms with Crippen molar-refractivity contribution in [3.63, 3.8) is 0 Å². The molecule has 0 aromatic carbocycles. The Bertz CT molecular complexity index is 242. The molecule has 0 spiro atoms. The molecule has 1 saturated carbocycles. The molecule has 1 heteroatoms. The number of aliphatic hydroxyl groups is 1. The molecule has 1 N–H and O–H groups in total. The van der Waals surface area contributed by atoms with Crippen LogP contribution in [0, 0.1) is 16.7 Å². The summed E-state index contributed by atoms with van der Waals surface area (Å²) in [7, 11) is 0. The highest BCUT2D eigenvalue weighted by molar-refractivity contribution is 5.16. The molecule has 0 aromatic rings. The SMILES string of the molecule is CC1(C)C[C@@H](O)[C@]2(C)C=CCC[C@@H]12. The predicted molar refractivity (Wildman–Crippen MR) is 54.4 cm³/mol. The number of fused-ring (bicyclic) bond motifs is 1. The van der Waals surface area contributed by atoms with E-state index in [-0.39, 0.29) is 11.5 Å². The second kappa shape index (κ2) is 2.60. The van der Waals surface area contributed by atoms with Crippen molar-refractivity contribution in [3.05, 3.63) is 12.2 Å². The molecule has 74 valence electrons. The van der Waals surface area contributed by atoms with Crippen molar-refractivity contribution in [1.82, 2.24) is 0 Å². The second-order valence-electron chi connectivity index (χ2n) is 5.61. The standard InChI is InChI=1S/C12H20O/c1-11(2)8-10(13)12(3)7-5-4-6-9(11)12/h5,7,9-10,13H,4,6,8H2,1-3H3/t9-,10+,12+/m0/s1. The molecule has 3 atom stereocenters. The van der Waals surface area contributed by atoms with Crippen molar-refractivity contribution in [1.29, 1.82) is 0 Å². The summed E-state index contributed by atoms with van der Waals surface area (Å²) in [5.74, 6) is 0.667. The maximum absolute atomic E-state index is 10.1. The van der Waals surface area contributed by atoms with Crippen LogP contribution in [0.2, 0.25) is 0 Å². The quantitative estimate of drug-likeness (QED) is 0.568. The van der Waals surface area contributed by atoms with Gasteiger partial charge in [-0.2, -0.15) is 0 Å². The molecule has 0 heterocycles. The Morgan fingerprint density at radius 2 is 2.00 bits per heavy atom. The topological polar surface area (TPSA) is 20.2 Å². The smallest absolute Gasteiger partial charge is 0.0636 e. The van der Waals surface area contributed by atoms with Gasteiger partial charge in [0.25, 0.3) is 0 Å². The van der Waals surface area contributed by atoms with E-state index < -0.39 is 0 Å². The average molecular weight is 180 g/mol. The summed E-state index contributed by atoms with van der Waals surface area (Å²) < 4.78 is 0. The van der Waals surface area contributed by atoms with Gasteiger partial charge < -0.3 is 5.11 Å². The molecule has 13 heavy (non-hydrogen) atoms. The summed E-state index contributed by atoms with van der Waals surface area (Å²) in [6.45, 7) is 6.81. The van der Waals surface area contributed by atoms with E-state index in [2.05, 4.69) is 32.9 Å². The van der Waals surface area contributed by atoms with Crippen molar-refractivity contribution >= 4 is 0 Å².